The summed E-state index contributed by atoms with van der Waals surface area (Å²) in [5.74, 6) is -0.803. The summed E-state index contributed by atoms with van der Waals surface area (Å²) in [6.45, 7) is 12.2. The first-order valence-corrected chi connectivity index (χ1v) is 12.9. The van der Waals surface area contributed by atoms with E-state index < -0.39 is 44.9 Å². The van der Waals surface area contributed by atoms with Crippen LogP contribution in [0.3, 0.4) is 0 Å². The third-order valence-electron chi connectivity index (χ3n) is 5.90. The Morgan fingerprint density at radius 2 is 1.86 bits per heavy atom. The highest BCUT2D eigenvalue weighted by atomic mass is 28.4. The number of esters is 1. The van der Waals surface area contributed by atoms with Gasteiger partial charge < -0.3 is 24.0 Å². The second-order valence-electron chi connectivity index (χ2n) is 9.17. The van der Waals surface area contributed by atoms with Gasteiger partial charge in [0.15, 0.2) is 26.8 Å². The van der Waals surface area contributed by atoms with Crippen LogP contribution in [-0.4, -0.2) is 51.2 Å². The van der Waals surface area contributed by atoms with Crippen molar-refractivity contribution >= 4 is 20.2 Å². The maximum Gasteiger partial charge on any atom is 0.331 e. The minimum absolute atomic E-state index is 0.0659. The van der Waals surface area contributed by atoms with Crippen LogP contribution in [-0.2, 0) is 28.2 Å². The SMILES string of the molecule is CC(=O)N[C@@H]1C(=O)O[C@H](C2COC(c3ccccc3)O2)[C@@H]1O[Si](C)(C)C(C)(C)C. The molecule has 1 aromatic rings. The molecule has 3 rings (SSSR count). The molecule has 7 nitrogen and oxygen atoms in total. The average Bonchev–Trinajstić information content (AvgIpc) is 3.21. The van der Waals surface area contributed by atoms with Gasteiger partial charge in [0.05, 0.1) is 6.61 Å². The van der Waals surface area contributed by atoms with Gasteiger partial charge in [-0.3, -0.25) is 4.79 Å². The molecule has 0 spiro atoms. The van der Waals surface area contributed by atoms with E-state index in [0.717, 1.165) is 5.56 Å². The monoisotopic (exact) mass is 421 g/mol. The topological polar surface area (TPSA) is 83.1 Å². The van der Waals surface area contributed by atoms with Crippen LogP contribution in [0.25, 0.3) is 0 Å². The van der Waals surface area contributed by atoms with Gasteiger partial charge >= 0.3 is 5.97 Å². The number of rotatable bonds is 5. The Morgan fingerprint density at radius 1 is 1.21 bits per heavy atom. The number of amides is 1. The van der Waals surface area contributed by atoms with E-state index >= 15 is 0 Å². The van der Waals surface area contributed by atoms with E-state index in [1.807, 2.05) is 30.3 Å². The Labute approximate surface area is 173 Å². The molecular formula is C21H31NO6Si. The molecule has 2 unspecified atom stereocenters. The van der Waals surface area contributed by atoms with Crippen molar-refractivity contribution in [1.82, 2.24) is 5.32 Å². The summed E-state index contributed by atoms with van der Waals surface area (Å²) in [6.07, 6.45) is -2.27. The first-order chi connectivity index (χ1) is 13.5. The zero-order valence-corrected chi connectivity index (χ0v) is 18.9. The quantitative estimate of drug-likeness (QED) is 0.581. The summed E-state index contributed by atoms with van der Waals surface area (Å²) in [5.41, 5.74) is 0.902. The van der Waals surface area contributed by atoms with Crippen molar-refractivity contribution in [2.45, 2.75) is 76.5 Å². The fourth-order valence-corrected chi connectivity index (χ4v) is 4.58. The molecular weight excluding hydrogens is 390 g/mol. The number of carbonyl (C=O) groups is 2. The number of nitrogens with one attached hydrogen (secondary N) is 1. The predicted octanol–water partition coefficient (Wildman–Crippen LogP) is 2.92. The Balaban J connectivity index is 1.82. The van der Waals surface area contributed by atoms with Gasteiger partial charge in [-0.05, 0) is 18.1 Å². The fraction of sp³-hybridized carbons (Fsp3) is 0.619. The van der Waals surface area contributed by atoms with Crippen molar-refractivity contribution in [2.24, 2.45) is 0 Å². The number of hydrogen-bond donors (Lipinski definition) is 1. The van der Waals surface area contributed by atoms with Gasteiger partial charge in [-0.2, -0.15) is 0 Å². The molecule has 2 fully saturated rings. The van der Waals surface area contributed by atoms with Crippen LogP contribution >= 0.6 is 0 Å². The third kappa shape index (κ3) is 4.71. The molecule has 0 aromatic heterocycles. The van der Waals surface area contributed by atoms with Crippen molar-refractivity contribution in [3.8, 4) is 0 Å². The number of carbonyl (C=O) groups excluding carboxylic acids is 2. The lowest BCUT2D eigenvalue weighted by Gasteiger charge is -2.40. The van der Waals surface area contributed by atoms with Crippen LogP contribution in [0.1, 0.15) is 39.5 Å². The molecule has 1 N–H and O–H groups in total. The Hall–Kier alpha value is -1.74. The maximum atomic E-state index is 12.6. The van der Waals surface area contributed by atoms with E-state index in [2.05, 4.69) is 39.2 Å². The number of ether oxygens (including phenoxy) is 3. The van der Waals surface area contributed by atoms with Crippen LogP contribution in [0.5, 0.6) is 0 Å². The largest absolute Gasteiger partial charge is 0.455 e. The molecule has 8 heteroatoms. The highest BCUT2D eigenvalue weighted by molar-refractivity contribution is 6.74. The first kappa shape index (κ1) is 22.0. The van der Waals surface area contributed by atoms with E-state index in [-0.39, 0.29) is 17.6 Å². The standard InChI is InChI=1S/C21H31NO6Si/c1-13(23)22-16-18(28-29(5,6)21(2,3)4)17(27-19(16)24)15-12-25-20(26-15)14-10-8-7-9-11-14/h7-11,15-18,20H,12H2,1-6H3,(H,22,23)/t15?,16-,17+,18+,20?/m0/s1. The lowest BCUT2D eigenvalue weighted by Crippen LogP contribution is -2.55. The number of benzene rings is 1. The van der Waals surface area contributed by atoms with E-state index in [9.17, 15) is 9.59 Å². The van der Waals surface area contributed by atoms with Crippen molar-refractivity contribution in [1.29, 1.82) is 0 Å². The molecule has 0 bridgehead atoms. The molecule has 0 saturated carbocycles. The van der Waals surface area contributed by atoms with Gasteiger partial charge in [-0.15, -0.1) is 0 Å². The van der Waals surface area contributed by atoms with Gasteiger partial charge in [0.1, 0.15) is 12.2 Å². The molecule has 2 aliphatic heterocycles. The third-order valence-corrected chi connectivity index (χ3v) is 10.4. The van der Waals surface area contributed by atoms with Crippen molar-refractivity contribution in [3.63, 3.8) is 0 Å². The van der Waals surface area contributed by atoms with Crippen molar-refractivity contribution in [3.05, 3.63) is 35.9 Å². The minimum Gasteiger partial charge on any atom is -0.455 e. The van der Waals surface area contributed by atoms with E-state index in [0.29, 0.717) is 0 Å². The number of cyclic esters (lactones) is 1. The van der Waals surface area contributed by atoms with Gasteiger partial charge in [0.2, 0.25) is 5.91 Å². The molecule has 29 heavy (non-hydrogen) atoms. The lowest BCUT2D eigenvalue weighted by molar-refractivity contribution is -0.150. The van der Waals surface area contributed by atoms with Crippen molar-refractivity contribution < 1.29 is 28.2 Å². The Bertz CT molecular complexity index is 747. The molecule has 0 radical (unpaired) electrons. The van der Waals surface area contributed by atoms with Crippen LogP contribution in [0.4, 0.5) is 0 Å². The molecule has 0 aliphatic carbocycles. The zero-order chi connectivity index (χ0) is 21.4. The molecule has 1 aromatic carbocycles. The van der Waals surface area contributed by atoms with Gasteiger partial charge in [-0.1, -0.05) is 51.1 Å². The summed E-state index contributed by atoms with van der Waals surface area (Å²) in [7, 11) is -2.25. The predicted molar refractivity (Wildman–Crippen MR) is 110 cm³/mol. The summed E-state index contributed by atoms with van der Waals surface area (Å²) in [6, 6.07) is 8.76. The highest BCUT2D eigenvalue weighted by Gasteiger charge is 2.55. The Morgan fingerprint density at radius 3 is 2.45 bits per heavy atom. The van der Waals surface area contributed by atoms with Crippen LogP contribution < -0.4 is 5.32 Å². The minimum atomic E-state index is -2.25. The molecule has 2 saturated heterocycles. The molecule has 2 aliphatic rings. The summed E-state index contributed by atoms with van der Waals surface area (Å²) < 4.78 is 24.1. The highest BCUT2D eigenvalue weighted by Crippen LogP contribution is 2.41. The molecule has 5 atom stereocenters. The lowest BCUT2D eigenvalue weighted by atomic mass is 10.0. The maximum absolute atomic E-state index is 12.6. The average molecular weight is 422 g/mol. The van der Waals surface area contributed by atoms with E-state index in [1.54, 1.807) is 0 Å². The summed E-state index contributed by atoms with van der Waals surface area (Å²) >= 11 is 0. The molecule has 1 amide bonds. The summed E-state index contributed by atoms with van der Waals surface area (Å²) in [4.78, 5) is 24.3. The second-order valence-corrected chi connectivity index (χ2v) is 13.9. The van der Waals surface area contributed by atoms with Crippen LogP contribution in [0.15, 0.2) is 30.3 Å². The fourth-order valence-electron chi connectivity index (χ4n) is 3.27. The Kier molecular flexibility index (Phi) is 6.19. The van der Waals surface area contributed by atoms with E-state index in [1.165, 1.54) is 6.92 Å². The second kappa shape index (κ2) is 8.18. The molecule has 160 valence electrons. The van der Waals surface area contributed by atoms with Crippen LogP contribution in [0, 0.1) is 0 Å². The normalized spacial score (nSPS) is 30.3. The van der Waals surface area contributed by atoms with Gasteiger partial charge in [0.25, 0.3) is 0 Å². The van der Waals surface area contributed by atoms with Crippen molar-refractivity contribution in [2.75, 3.05) is 6.61 Å². The van der Waals surface area contributed by atoms with E-state index in [4.69, 9.17) is 18.6 Å². The van der Waals surface area contributed by atoms with Gasteiger partial charge in [-0.25, -0.2) is 4.79 Å². The zero-order valence-electron chi connectivity index (χ0n) is 17.9. The first-order valence-electron chi connectivity index (χ1n) is 9.97. The van der Waals surface area contributed by atoms with Gasteiger partial charge in [0, 0.05) is 12.5 Å². The smallest absolute Gasteiger partial charge is 0.331 e. The number of hydrogen-bond acceptors (Lipinski definition) is 6. The summed E-state index contributed by atoms with van der Waals surface area (Å²) in [5, 5.41) is 2.63. The molecule has 2 heterocycles. The van der Waals surface area contributed by atoms with Crippen LogP contribution in [0.2, 0.25) is 18.1 Å².